The number of hydrogen-bond acceptors (Lipinski definition) is 3. The van der Waals surface area contributed by atoms with Crippen LogP contribution in [0.3, 0.4) is 0 Å². The molecule has 1 unspecified atom stereocenters. The second-order valence-electron chi connectivity index (χ2n) is 5.57. The summed E-state index contributed by atoms with van der Waals surface area (Å²) in [5.74, 6) is -1.03. The molecule has 5 nitrogen and oxygen atoms in total. The van der Waals surface area contributed by atoms with E-state index in [4.69, 9.17) is 23.2 Å². The molecule has 0 spiro atoms. The predicted octanol–water partition coefficient (Wildman–Crippen LogP) is 3.16. The molecule has 1 atom stereocenters. The van der Waals surface area contributed by atoms with Crippen LogP contribution in [0.1, 0.15) is 12.5 Å². The monoisotopic (exact) mass is 418 g/mol. The van der Waals surface area contributed by atoms with Gasteiger partial charge in [-0.15, -0.1) is 0 Å². The highest BCUT2D eigenvalue weighted by Crippen LogP contribution is 2.21. The number of carbonyl (C=O) groups excluding carboxylic acids is 1. The molecule has 0 saturated heterocycles. The van der Waals surface area contributed by atoms with Gasteiger partial charge in [0.2, 0.25) is 15.9 Å². The number of rotatable bonds is 7. The maximum atomic E-state index is 12.9. The molecular weight excluding hydrogens is 402 g/mol. The molecule has 1 amide bonds. The Labute approximate surface area is 161 Å². The highest BCUT2D eigenvalue weighted by molar-refractivity contribution is 7.89. The van der Waals surface area contributed by atoms with E-state index in [-0.39, 0.29) is 11.4 Å². The van der Waals surface area contributed by atoms with Crippen molar-refractivity contribution in [2.45, 2.75) is 24.3 Å². The van der Waals surface area contributed by atoms with E-state index in [1.54, 1.807) is 18.2 Å². The molecule has 2 aromatic rings. The minimum Gasteiger partial charge on any atom is -0.354 e. The number of hydrogen-bond donors (Lipinski definition) is 2. The Morgan fingerprint density at radius 1 is 1.15 bits per heavy atom. The van der Waals surface area contributed by atoms with E-state index in [1.165, 1.54) is 6.92 Å². The van der Waals surface area contributed by atoms with Crippen molar-refractivity contribution in [3.8, 4) is 0 Å². The largest absolute Gasteiger partial charge is 0.354 e. The lowest BCUT2D eigenvalue weighted by atomic mass is 10.1. The fourth-order valence-corrected chi connectivity index (χ4v) is 3.87. The van der Waals surface area contributed by atoms with Crippen molar-refractivity contribution in [3.63, 3.8) is 0 Å². The molecule has 2 rings (SSSR count). The molecule has 0 aliphatic carbocycles. The van der Waals surface area contributed by atoms with Crippen molar-refractivity contribution >= 4 is 39.1 Å². The van der Waals surface area contributed by atoms with E-state index in [2.05, 4.69) is 10.0 Å². The van der Waals surface area contributed by atoms with Gasteiger partial charge in [-0.05, 0) is 55.3 Å². The Bertz CT molecular complexity index is 889. The molecule has 0 aromatic heterocycles. The number of carbonyl (C=O) groups is 1. The van der Waals surface area contributed by atoms with Gasteiger partial charge in [-0.3, -0.25) is 4.79 Å². The summed E-state index contributed by atoms with van der Waals surface area (Å²) in [5, 5.41) is 3.66. The first kappa shape index (κ1) is 20.6. The number of benzene rings is 2. The minimum atomic E-state index is -3.92. The molecule has 9 heteroatoms. The predicted molar refractivity (Wildman–Crippen MR) is 99.4 cm³/mol. The van der Waals surface area contributed by atoms with Gasteiger partial charge in [-0.1, -0.05) is 29.3 Å². The van der Waals surface area contributed by atoms with Crippen LogP contribution in [0.15, 0.2) is 47.4 Å². The normalized spacial score (nSPS) is 12.6. The second kappa shape index (κ2) is 8.81. The van der Waals surface area contributed by atoms with Gasteiger partial charge < -0.3 is 5.32 Å². The molecule has 26 heavy (non-hydrogen) atoms. The molecule has 0 aliphatic rings. The van der Waals surface area contributed by atoms with Gasteiger partial charge in [-0.25, -0.2) is 12.8 Å². The first-order valence-corrected chi connectivity index (χ1v) is 9.92. The maximum absolute atomic E-state index is 12.9. The summed E-state index contributed by atoms with van der Waals surface area (Å²) < 4.78 is 39.5. The third-order valence-corrected chi connectivity index (χ3v) is 5.70. The van der Waals surface area contributed by atoms with Crippen LogP contribution >= 0.6 is 23.2 Å². The smallest absolute Gasteiger partial charge is 0.241 e. The van der Waals surface area contributed by atoms with Crippen LogP contribution < -0.4 is 10.0 Å². The van der Waals surface area contributed by atoms with Crippen molar-refractivity contribution in [1.82, 2.24) is 10.0 Å². The van der Waals surface area contributed by atoms with E-state index in [9.17, 15) is 17.6 Å². The van der Waals surface area contributed by atoms with Crippen LogP contribution in [0.5, 0.6) is 0 Å². The molecule has 0 saturated carbocycles. The highest BCUT2D eigenvalue weighted by Gasteiger charge is 2.21. The average Bonchev–Trinajstić information content (AvgIpc) is 2.56. The van der Waals surface area contributed by atoms with Crippen molar-refractivity contribution in [1.29, 1.82) is 0 Å². The van der Waals surface area contributed by atoms with Crippen LogP contribution in [0.4, 0.5) is 4.39 Å². The van der Waals surface area contributed by atoms with Gasteiger partial charge in [0.05, 0.1) is 10.9 Å². The molecule has 140 valence electrons. The van der Waals surface area contributed by atoms with Gasteiger partial charge in [0.15, 0.2) is 0 Å². The summed E-state index contributed by atoms with van der Waals surface area (Å²) in [6, 6.07) is 8.41. The fourth-order valence-electron chi connectivity index (χ4n) is 2.17. The molecule has 0 heterocycles. The molecule has 0 fully saturated rings. The van der Waals surface area contributed by atoms with Gasteiger partial charge in [-0.2, -0.15) is 4.72 Å². The van der Waals surface area contributed by atoms with Gasteiger partial charge >= 0.3 is 0 Å². The topological polar surface area (TPSA) is 75.3 Å². The van der Waals surface area contributed by atoms with E-state index < -0.39 is 27.8 Å². The average molecular weight is 419 g/mol. The number of nitrogens with one attached hydrogen (secondary N) is 2. The highest BCUT2D eigenvalue weighted by atomic mass is 35.5. The standard InChI is InChI=1S/C17H17Cl2FN2O3S/c1-11(22-26(24,25)15-6-4-14(20)5-7-15)17(23)21-9-8-12-2-3-13(18)10-16(12)19/h2-7,10-11,22H,8-9H2,1H3,(H,21,23). The first-order valence-electron chi connectivity index (χ1n) is 7.68. The van der Waals surface area contributed by atoms with Crippen LogP contribution in [0.25, 0.3) is 0 Å². The van der Waals surface area contributed by atoms with Crippen LogP contribution in [-0.2, 0) is 21.2 Å². The second-order valence-corrected chi connectivity index (χ2v) is 8.13. The lowest BCUT2D eigenvalue weighted by molar-refractivity contribution is -0.122. The lowest BCUT2D eigenvalue weighted by Crippen LogP contribution is -2.45. The summed E-state index contributed by atoms with van der Waals surface area (Å²) in [4.78, 5) is 12.0. The molecule has 2 aromatic carbocycles. The molecule has 0 aliphatic heterocycles. The van der Waals surface area contributed by atoms with E-state index >= 15 is 0 Å². The van der Waals surface area contributed by atoms with Crippen LogP contribution in [-0.4, -0.2) is 26.9 Å². The fraction of sp³-hybridized carbons (Fsp3) is 0.235. The Morgan fingerprint density at radius 3 is 2.42 bits per heavy atom. The molecule has 0 radical (unpaired) electrons. The lowest BCUT2D eigenvalue weighted by Gasteiger charge is -2.15. The Morgan fingerprint density at radius 2 is 1.81 bits per heavy atom. The summed E-state index contributed by atoms with van der Waals surface area (Å²) >= 11 is 11.9. The SMILES string of the molecule is CC(NS(=O)(=O)c1ccc(F)cc1)C(=O)NCCc1ccc(Cl)cc1Cl. The molecule has 0 bridgehead atoms. The summed E-state index contributed by atoms with van der Waals surface area (Å²) in [5.41, 5.74) is 0.816. The first-order chi connectivity index (χ1) is 12.2. The van der Waals surface area contributed by atoms with Crippen molar-refractivity contribution in [2.24, 2.45) is 0 Å². The maximum Gasteiger partial charge on any atom is 0.241 e. The summed E-state index contributed by atoms with van der Waals surface area (Å²) in [6.07, 6.45) is 0.471. The van der Waals surface area contributed by atoms with E-state index in [1.807, 2.05) is 0 Å². The third-order valence-electron chi connectivity index (χ3n) is 3.56. The Hall–Kier alpha value is -1.67. The number of sulfonamides is 1. The minimum absolute atomic E-state index is 0.119. The van der Waals surface area contributed by atoms with Crippen LogP contribution in [0, 0.1) is 5.82 Å². The van der Waals surface area contributed by atoms with Gasteiger partial charge in [0.25, 0.3) is 0 Å². The summed E-state index contributed by atoms with van der Waals surface area (Å²) in [7, 11) is -3.92. The number of amides is 1. The van der Waals surface area contributed by atoms with Gasteiger partial charge in [0, 0.05) is 16.6 Å². The van der Waals surface area contributed by atoms with E-state index in [0.717, 1.165) is 29.8 Å². The Balaban J connectivity index is 1.89. The van der Waals surface area contributed by atoms with Crippen molar-refractivity contribution in [2.75, 3.05) is 6.54 Å². The van der Waals surface area contributed by atoms with E-state index in [0.29, 0.717) is 16.5 Å². The van der Waals surface area contributed by atoms with Crippen LogP contribution in [0.2, 0.25) is 10.0 Å². The Kier molecular flexibility index (Phi) is 7.00. The zero-order chi connectivity index (χ0) is 19.3. The molecule has 2 N–H and O–H groups in total. The van der Waals surface area contributed by atoms with Crippen molar-refractivity contribution < 1.29 is 17.6 Å². The quantitative estimate of drug-likeness (QED) is 0.724. The zero-order valence-electron chi connectivity index (χ0n) is 13.8. The number of halogens is 3. The summed E-state index contributed by atoms with van der Waals surface area (Å²) in [6.45, 7) is 1.70. The van der Waals surface area contributed by atoms with Crippen molar-refractivity contribution in [3.05, 3.63) is 63.9 Å². The zero-order valence-corrected chi connectivity index (χ0v) is 16.1. The molecular formula is C17H17Cl2FN2O3S. The third kappa shape index (κ3) is 5.67. The van der Waals surface area contributed by atoms with Gasteiger partial charge in [0.1, 0.15) is 5.82 Å².